The zero-order valence-electron chi connectivity index (χ0n) is 7.05. The lowest BCUT2D eigenvalue weighted by Gasteiger charge is -2.01. The van der Waals surface area contributed by atoms with Gasteiger partial charge in [0.05, 0.1) is 5.75 Å². The highest BCUT2D eigenvalue weighted by atomic mass is 32.2. The van der Waals surface area contributed by atoms with Gasteiger partial charge in [-0.15, -0.1) is 0 Å². The Hall–Kier alpha value is 0.170. The summed E-state index contributed by atoms with van der Waals surface area (Å²) in [5, 5.41) is 2.84. The molecule has 0 aliphatic rings. The number of hydrogen-bond donors (Lipinski definition) is 1. The summed E-state index contributed by atoms with van der Waals surface area (Å²) in [6.07, 6.45) is 2.03. The van der Waals surface area contributed by atoms with E-state index in [1.807, 2.05) is 6.26 Å². The first-order valence-electron chi connectivity index (χ1n) is 3.64. The Morgan fingerprint density at radius 3 is 2.82 bits per heavy atom. The fraction of sp³-hybridized carbons (Fsp3) is 0.857. The van der Waals surface area contributed by atoms with Gasteiger partial charge in [-0.25, -0.2) is 0 Å². The van der Waals surface area contributed by atoms with E-state index in [0.717, 1.165) is 18.1 Å². The minimum Gasteiger partial charge on any atom is -0.355 e. The molecule has 0 bridgehead atoms. The van der Waals surface area contributed by atoms with Crippen molar-refractivity contribution in [3.63, 3.8) is 0 Å². The molecule has 0 atom stereocenters. The van der Waals surface area contributed by atoms with Gasteiger partial charge in [0.15, 0.2) is 0 Å². The third-order valence-electron chi connectivity index (χ3n) is 1.07. The molecule has 0 aromatic heterocycles. The quantitative estimate of drug-likeness (QED) is 0.643. The minimum absolute atomic E-state index is 0.158. The Morgan fingerprint density at radius 1 is 1.55 bits per heavy atom. The van der Waals surface area contributed by atoms with Crippen LogP contribution >= 0.6 is 23.5 Å². The lowest BCUT2D eigenvalue weighted by Crippen LogP contribution is -2.27. The van der Waals surface area contributed by atoms with Crippen LogP contribution in [-0.2, 0) is 4.79 Å². The van der Waals surface area contributed by atoms with Gasteiger partial charge in [0.25, 0.3) is 0 Å². The number of amides is 1. The zero-order valence-corrected chi connectivity index (χ0v) is 8.69. The van der Waals surface area contributed by atoms with Gasteiger partial charge in [-0.1, -0.05) is 6.92 Å². The lowest BCUT2D eigenvalue weighted by atomic mass is 10.6. The number of rotatable bonds is 6. The first-order valence-corrected chi connectivity index (χ1v) is 6.19. The molecule has 0 aliphatic heterocycles. The van der Waals surface area contributed by atoms with Crippen LogP contribution in [0.3, 0.4) is 0 Å². The Bertz CT molecular complexity index is 109. The van der Waals surface area contributed by atoms with Crippen LogP contribution in [0.15, 0.2) is 0 Å². The summed E-state index contributed by atoms with van der Waals surface area (Å²) in [5.41, 5.74) is 0. The first-order chi connectivity index (χ1) is 5.31. The normalized spacial score (nSPS) is 9.64. The van der Waals surface area contributed by atoms with Crippen molar-refractivity contribution in [3.05, 3.63) is 0 Å². The summed E-state index contributed by atoms with van der Waals surface area (Å²) in [5.74, 6) is 2.77. The van der Waals surface area contributed by atoms with Crippen LogP contribution in [0.2, 0.25) is 0 Å². The second-order valence-electron chi connectivity index (χ2n) is 1.98. The summed E-state index contributed by atoms with van der Waals surface area (Å²) in [7, 11) is 0. The SMILES string of the molecule is CCSCC(=O)NCCSC. The molecule has 0 fully saturated rings. The maximum absolute atomic E-state index is 10.9. The van der Waals surface area contributed by atoms with Crippen molar-refractivity contribution < 1.29 is 4.79 Å². The molecule has 1 amide bonds. The van der Waals surface area contributed by atoms with Gasteiger partial charge in [0.2, 0.25) is 5.91 Å². The standard InChI is InChI=1S/C7H15NOS2/c1-3-11-6-7(9)8-4-5-10-2/h3-6H2,1-2H3,(H,8,9). The fourth-order valence-corrected chi connectivity index (χ4v) is 1.34. The Labute approximate surface area is 76.9 Å². The highest BCUT2D eigenvalue weighted by Gasteiger charge is 1.97. The molecule has 4 heteroatoms. The molecule has 1 N–H and O–H groups in total. The highest BCUT2D eigenvalue weighted by molar-refractivity contribution is 7.99. The van der Waals surface area contributed by atoms with Crippen molar-refractivity contribution in [2.75, 3.05) is 30.1 Å². The Balaban J connectivity index is 3.09. The van der Waals surface area contributed by atoms with E-state index in [1.54, 1.807) is 23.5 Å². The highest BCUT2D eigenvalue weighted by Crippen LogP contribution is 1.96. The maximum Gasteiger partial charge on any atom is 0.230 e. The Morgan fingerprint density at radius 2 is 2.27 bits per heavy atom. The van der Waals surface area contributed by atoms with Gasteiger partial charge in [-0.3, -0.25) is 4.79 Å². The van der Waals surface area contributed by atoms with E-state index < -0.39 is 0 Å². The van der Waals surface area contributed by atoms with E-state index in [0.29, 0.717) is 5.75 Å². The monoisotopic (exact) mass is 193 g/mol. The van der Waals surface area contributed by atoms with Gasteiger partial charge >= 0.3 is 0 Å². The van der Waals surface area contributed by atoms with Crippen LogP contribution in [-0.4, -0.2) is 36.0 Å². The number of nitrogens with one attached hydrogen (secondary N) is 1. The van der Waals surface area contributed by atoms with Gasteiger partial charge < -0.3 is 5.32 Å². The predicted molar refractivity (Wildman–Crippen MR) is 54.4 cm³/mol. The molecular weight excluding hydrogens is 178 g/mol. The van der Waals surface area contributed by atoms with Crippen molar-refractivity contribution in [2.45, 2.75) is 6.92 Å². The second kappa shape index (κ2) is 8.27. The molecule has 0 heterocycles. The molecule has 0 rings (SSSR count). The minimum atomic E-state index is 0.158. The summed E-state index contributed by atoms with van der Waals surface area (Å²) >= 11 is 3.40. The van der Waals surface area contributed by atoms with Gasteiger partial charge in [0.1, 0.15) is 0 Å². The van der Waals surface area contributed by atoms with E-state index in [-0.39, 0.29) is 5.91 Å². The van der Waals surface area contributed by atoms with E-state index >= 15 is 0 Å². The van der Waals surface area contributed by atoms with Crippen molar-refractivity contribution in [1.29, 1.82) is 0 Å². The average Bonchev–Trinajstić information content (AvgIpc) is 2.01. The topological polar surface area (TPSA) is 29.1 Å². The van der Waals surface area contributed by atoms with E-state index in [1.165, 1.54) is 0 Å². The molecule has 0 aromatic rings. The molecule has 0 unspecified atom stereocenters. The van der Waals surface area contributed by atoms with Crippen LogP contribution in [0.4, 0.5) is 0 Å². The zero-order chi connectivity index (χ0) is 8.53. The molecule has 0 radical (unpaired) electrons. The van der Waals surface area contributed by atoms with Crippen molar-refractivity contribution in [1.82, 2.24) is 5.32 Å². The smallest absolute Gasteiger partial charge is 0.230 e. The summed E-state index contributed by atoms with van der Waals surface area (Å²) in [4.78, 5) is 10.9. The maximum atomic E-state index is 10.9. The van der Waals surface area contributed by atoms with Crippen LogP contribution in [0.5, 0.6) is 0 Å². The summed E-state index contributed by atoms with van der Waals surface area (Å²) in [6, 6.07) is 0. The van der Waals surface area contributed by atoms with Crippen molar-refractivity contribution in [3.8, 4) is 0 Å². The van der Waals surface area contributed by atoms with Gasteiger partial charge in [0, 0.05) is 12.3 Å². The van der Waals surface area contributed by atoms with Crippen molar-refractivity contribution in [2.24, 2.45) is 0 Å². The molecule has 0 aromatic carbocycles. The van der Waals surface area contributed by atoms with Crippen LogP contribution in [0.1, 0.15) is 6.92 Å². The number of thioether (sulfide) groups is 2. The number of hydrogen-bond acceptors (Lipinski definition) is 3. The average molecular weight is 193 g/mol. The molecule has 0 saturated heterocycles. The molecule has 0 spiro atoms. The first kappa shape index (κ1) is 11.2. The second-order valence-corrected chi connectivity index (χ2v) is 4.24. The van der Waals surface area contributed by atoms with E-state index in [9.17, 15) is 4.79 Å². The van der Waals surface area contributed by atoms with E-state index in [4.69, 9.17) is 0 Å². The molecule has 2 nitrogen and oxygen atoms in total. The molecule has 11 heavy (non-hydrogen) atoms. The van der Waals surface area contributed by atoms with Crippen molar-refractivity contribution >= 4 is 29.4 Å². The number of carbonyl (C=O) groups is 1. The largest absolute Gasteiger partial charge is 0.355 e. The summed E-state index contributed by atoms with van der Waals surface area (Å²) < 4.78 is 0. The van der Waals surface area contributed by atoms with Crippen LogP contribution < -0.4 is 5.32 Å². The fourth-order valence-electron chi connectivity index (χ4n) is 0.538. The lowest BCUT2D eigenvalue weighted by molar-refractivity contribution is -0.118. The molecule has 0 aliphatic carbocycles. The summed E-state index contributed by atoms with van der Waals surface area (Å²) in [6.45, 7) is 2.85. The third-order valence-corrected chi connectivity index (χ3v) is 2.55. The van der Waals surface area contributed by atoms with Gasteiger partial charge in [-0.2, -0.15) is 23.5 Å². The Kier molecular flexibility index (Phi) is 8.40. The molecule has 0 saturated carbocycles. The van der Waals surface area contributed by atoms with Crippen LogP contribution in [0.25, 0.3) is 0 Å². The van der Waals surface area contributed by atoms with Crippen LogP contribution in [0, 0.1) is 0 Å². The molecule has 66 valence electrons. The van der Waals surface area contributed by atoms with E-state index in [2.05, 4.69) is 12.2 Å². The van der Waals surface area contributed by atoms with Gasteiger partial charge in [-0.05, 0) is 12.0 Å². The number of carbonyl (C=O) groups excluding carboxylic acids is 1. The predicted octanol–water partition coefficient (Wildman–Crippen LogP) is 1.22. The third kappa shape index (κ3) is 8.07. The molecular formula is C7H15NOS2.